The molecule has 0 aliphatic rings. The van der Waals surface area contributed by atoms with Crippen LogP contribution in [-0.2, 0) is 9.59 Å². The third kappa shape index (κ3) is 7.78. The lowest BCUT2D eigenvalue weighted by molar-refractivity contribution is -0.149. The molecule has 0 spiro atoms. The number of rotatable bonds is 12. The summed E-state index contributed by atoms with van der Waals surface area (Å²) < 4.78 is 0. The van der Waals surface area contributed by atoms with Crippen molar-refractivity contribution in [1.82, 2.24) is 4.90 Å². The number of hydrogen-bond donors (Lipinski definition) is 2. The Balaban J connectivity index is 3.95. The first kappa shape index (κ1) is 19.3. The minimum Gasteiger partial charge on any atom is -0.480 e. The average Bonchev–Trinajstić information content (AvgIpc) is 2.42. The van der Waals surface area contributed by atoms with Crippen LogP contribution >= 0.6 is 12.6 Å². The van der Waals surface area contributed by atoms with Crippen molar-refractivity contribution in [3.05, 3.63) is 0 Å². The molecule has 0 aliphatic carbocycles. The second kappa shape index (κ2) is 12.1. The Morgan fingerprint density at radius 3 is 2.05 bits per heavy atom. The van der Waals surface area contributed by atoms with Gasteiger partial charge in [0.25, 0.3) is 0 Å². The molecule has 0 heterocycles. The summed E-state index contributed by atoms with van der Waals surface area (Å²) in [6.45, 7) is 4.42. The maximum atomic E-state index is 12.0. The lowest BCUT2D eigenvalue weighted by atomic mass is 10.1. The molecule has 0 saturated carbocycles. The van der Waals surface area contributed by atoms with Gasteiger partial charge in [-0.2, -0.15) is 12.6 Å². The van der Waals surface area contributed by atoms with Crippen LogP contribution in [-0.4, -0.2) is 40.2 Å². The molecule has 0 bridgehead atoms. The molecule has 4 nitrogen and oxygen atoms in total. The number of likely N-dealkylation sites (N-methyl/N-ethyl adjacent to an activating group) is 1. The van der Waals surface area contributed by atoms with Gasteiger partial charge in [0.2, 0.25) is 5.91 Å². The Morgan fingerprint density at radius 2 is 1.60 bits per heavy atom. The van der Waals surface area contributed by atoms with E-state index in [2.05, 4.69) is 19.6 Å². The number of carboxylic acids is 1. The summed E-state index contributed by atoms with van der Waals surface area (Å²) in [7, 11) is 0. The van der Waals surface area contributed by atoms with Crippen LogP contribution in [0.5, 0.6) is 0 Å². The van der Waals surface area contributed by atoms with Crippen LogP contribution in [0.3, 0.4) is 0 Å². The third-order valence-corrected chi connectivity index (χ3v) is 3.84. The number of carbonyl (C=O) groups excluding carboxylic acids is 1. The summed E-state index contributed by atoms with van der Waals surface area (Å²) in [6.07, 6.45) is 8.52. The monoisotopic (exact) mass is 303 g/mol. The van der Waals surface area contributed by atoms with E-state index in [0.717, 1.165) is 19.3 Å². The maximum absolute atomic E-state index is 12.0. The average molecular weight is 303 g/mol. The lowest BCUT2D eigenvalue weighted by Gasteiger charge is -2.26. The van der Waals surface area contributed by atoms with Gasteiger partial charge in [0.1, 0.15) is 6.04 Å². The van der Waals surface area contributed by atoms with Crippen LogP contribution in [0.1, 0.15) is 65.2 Å². The van der Waals surface area contributed by atoms with Crippen molar-refractivity contribution in [2.75, 3.05) is 12.3 Å². The summed E-state index contributed by atoms with van der Waals surface area (Å²) in [5.41, 5.74) is 0. The first-order valence-corrected chi connectivity index (χ1v) is 8.34. The highest BCUT2D eigenvalue weighted by Gasteiger charge is 2.26. The molecule has 0 fully saturated rings. The summed E-state index contributed by atoms with van der Waals surface area (Å²) >= 11 is 4.03. The van der Waals surface area contributed by atoms with Crippen molar-refractivity contribution in [2.45, 2.75) is 71.3 Å². The first-order valence-electron chi connectivity index (χ1n) is 7.71. The predicted octanol–water partition coefficient (Wildman–Crippen LogP) is 3.36. The van der Waals surface area contributed by atoms with E-state index < -0.39 is 12.0 Å². The number of carboxylic acid groups (broad SMARTS) is 1. The number of carbonyl (C=O) groups is 2. The van der Waals surface area contributed by atoms with Crippen molar-refractivity contribution < 1.29 is 14.7 Å². The molecule has 0 radical (unpaired) electrons. The molecular weight excluding hydrogens is 274 g/mol. The number of unbranched alkanes of at least 4 members (excludes halogenated alkanes) is 6. The molecule has 20 heavy (non-hydrogen) atoms. The van der Waals surface area contributed by atoms with Gasteiger partial charge < -0.3 is 10.0 Å². The Bertz CT molecular complexity index is 284. The molecule has 1 atom stereocenters. The van der Waals surface area contributed by atoms with E-state index in [4.69, 9.17) is 5.11 Å². The van der Waals surface area contributed by atoms with E-state index in [0.29, 0.717) is 13.0 Å². The van der Waals surface area contributed by atoms with Crippen LogP contribution in [0, 0.1) is 0 Å². The molecule has 0 aliphatic heterocycles. The van der Waals surface area contributed by atoms with Gasteiger partial charge in [0.15, 0.2) is 0 Å². The number of aliphatic carboxylic acids is 1. The summed E-state index contributed by atoms with van der Waals surface area (Å²) in [6, 6.07) is -0.805. The molecule has 0 aromatic carbocycles. The SMILES string of the molecule is CCCCCCCCCC(=O)N(CC)C(CS)C(=O)O. The van der Waals surface area contributed by atoms with Crippen molar-refractivity contribution in [1.29, 1.82) is 0 Å². The van der Waals surface area contributed by atoms with Crippen LogP contribution in [0.15, 0.2) is 0 Å². The number of nitrogens with zero attached hydrogens (tertiary/aromatic N) is 1. The lowest BCUT2D eigenvalue weighted by Crippen LogP contribution is -2.46. The van der Waals surface area contributed by atoms with Crippen LogP contribution in [0.4, 0.5) is 0 Å². The molecule has 1 N–H and O–H groups in total. The minimum atomic E-state index is -0.977. The number of thiol groups is 1. The fourth-order valence-corrected chi connectivity index (χ4v) is 2.61. The molecule has 118 valence electrons. The topological polar surface area (TPSA) is 57.6 Å². The second-order valence-corrected chi connectivity index (χ2v) is 5.45. The van der Waals surface area contributed by atoms with Gasteiger partial charge in [-0.1, -0.05) is 45.4 Å². The van der Waals surface area contributed by atoms with Crippen molar-refractivity contribution >= 4 is 24.5 Å². The minimum absolute atomic E-state index is 0.0671. The van der Waals surface area contributed by atoms with Crippen LogP contribution < -0.4 is 0 Å². The van der Waals surface area contributed by atoms with Crippen LogP contribution in [0.2, 0.25) is 0 Å². The number of amides is 1. The smallest absolute Gasteiger partial charge is 0.327 e. The van der Waals surface area contributed by atoms with Gasteiger partial charge in [-0.05, 0) is 13.3 Å². The van der Waals surface area contributed by atoms with Crippen LogP contribution in [0.25, 0.3) is 0 Å². The molecule has 1 amide bonds. The maximum Gasteiger partial charge on any atom is 0.327 e. The Kier molecular flexibility index (Phi) is 11.6. The van der Waals surface area contributed by atoms with Gasteiger partial charge in [-0.15, -0.1) is 0 Å². The second-order valence-electron chi connectivity index (χ2n) is 5.09. The van der Waals surface area contributed by atoms with E-state index in [-0.39, 0.29) is 11.7 Å². The summed E-state index contributed by atoms with van der Waals surface area (Å²) in [4.78, 5) is 24.5. The highest BCUT2D eigenvalue weighted by Crippen LogP contribution is 2.11. The van der Waals surface area contributed by atoms with Gasteiger partial charge in [0.05, 0.1) is 0 Å². The van der Waals surface area contributed by atoms with Gasteiger partial charge >= 0.3 is 5.97 Å². The zero-order valence-corrected chi connectivity index (χ0v) is 13.7. The molecular formula is C15H29NO3S. The zero-order chi connectivity index (χ0) is 15.4. The largest absolute Gasteiger partial charge is 0.480 e. The van der Waals surface area contributed by atoms with E-state index in [1.165, 1.54) is 30.6 Å². The van der Waals surface area contributed by atoms with Crippen molar-refractivity contribution in [3.63, 3.8) is 0 Å². The zero-order valence-electron chi connectivity index (χ0n) is 12.8. The standard InChI is InChI=1S/C15H29NO3S/c1-3-5-6-7-8-9-10-11-14(17)16(4-2)13(12-20)15(18)19/h13,20H,3-12H2,1-2H3,(H,18,19). The molecule has 0 rings (SSSR count). The van der Waals surface area contributed by atoms with E-state index >= 15 is 0 Å². The molecule has 0 aromatic rings. The fraction of sp³-hybridized carbons (Fsp3) is 0.867. The van der Waals surface area contributed by atoms with Crippen molar-refractivity contribution in [3.8, 4) is 0 Å². The van der Waals surface area contributed by atoms with E-state index in [9.17, 15) is 9.59 Å². The van der Waals surface area contributed by atoms with E-state index in [1.807, 2.05) is 6.92 Å². The molecule has 0 aromatic heterocycles. The summed E-state index contributed by atoms with van der Waals surface area (Å²) in [5, 5.41) is 9.07. The predicted molar refractivity (Wildman–Crippen MR) is 85.3 cm³/mol. The highest BCUT2D eigenvalue weighted by molar-refractivity contribution is 7.80. The highest BCUT2D eigenvalue weighted by atomic mass is 32.1. The van der Waals surface area contributed by atoms with Gasteiger partial charge in [-0.25, -0.2) is 4.79 Å². The third-order valence-electron chi connectivity index (χ3n) is 3.49. The quantitative estimate of drug-likeness (QED) is 0.429. The molecule has 1 unspecified atom stereocenters. The van der Waals surface area contributed by atoms with E-state index in [1.54, 1.807) is 0 Å². The van der Waals surface area contributed by atoms with Gasteiger partial charge in [0, 0.05) is 18.7 Å². The molecule has 5 heteroatoms. The summed E-state index contributed by atoms with van der Waals surface area (Å²) in [5.74, 6) is -0.886. The van der Waals surface area contributed by atoms with Crippen molar-refractivity contribution in [2.24, 2.45) is 0 Å². The first-order chi connectivity index (χ1) is 9.58. The Labute approximate surface area is 128 Å². The Hall–Kier alpha value is -0.710. The fourth-order valence-electron chi connectivity index (χ4n) is 2.26. The number of hydrogen-bond acceptors (Lipinski definition) is 3. The molecule has 0 saturated heterocycles. The normalized spacial score (nSPS) is 12.2. The Morgan fingerprint density at radius 1 is 1.05 bits per heavy atom. The van der Waals surface area contributed by atoms with Gasteiger partial charge in [-0.3, -0.25) is 4.79 Å².